The molecule has 2 rings (SSSR count). The van der Waals surface area contributed by atoms with Gasteiger partial charge in [-0.2, -0.15) is 0 Å². The SMILES string of the molecule is [NH-]Nc1ccc(NS(=O)(=O)c2ccccc2)cc1.[Y]. The number of anilines is 2. The molecule has 2 aromatic carbocycles. The van der Waals surface area contributed by atoms with Gasteiger partial charge in [-0.3, -0.25) is 4.72 Å². The van der Waals surface area contributed by atoms with Crippen LogP contribution in [-0.4, -0.2) is 8.42 Å². The van der Waals surface area contributed by atoms with Crippen molar-refractivity contribution in [2.45, 2.75) is 4.90 Å². The van der Waals surface area contributed by atoms with Crippen molar-refractivity contribution in [3.63, 3.8) is 0 Å². The predicted octanol–water partition coefficient (Wildman–Crippen LogP) is 2.86. The summed E-state index contributed by atoms with van der Waals surface area (Å²) in [5.74, 6) is 6.94. The van der Waals surface area contributed by atoms with Crippen LogP contribution in [0.3, 0.4) is 0 Å². The summed E-state index contributed by atoms with van der Waals surface area (Å²) in [5.41, 5.74) is 3.27. The first kappa shape index (κ1) is 16.1. The second-order valence-electron chi connectivity index (χ2n) is 3.62. The molecule has 0 saturated heterocycles. The Bertz CT molecular complexity index is 615. The first-order chi connectivity index (χ1) is 8.62. The smallest absolute Gasteiger partial charge is 0.261 e. The molecule has 0 atom stereocenters. The van der Waals surface area contributed by atoms with Gasteiger partial charge in [0.1, 0.15) is 0 Å². The topological polar surface area (TPSA) is 82.0 Å². The fourth-order valence-electron chi connectivity index (χ4n) is 1.44. The molecule has 0 spiro atoms. The zero-order valence-electron chi connectivity index (χ0n) is 10.00. The summed E-state index contributed by atoms with van der Waals surface area (Å²) in [5, 5.41) is 0. The molecular formula is C12H12N3O2SY-. The number of rotatable bonds is 4. The zero-order valence-corrected chi connectivity index (χ0v) is 13.7. The second-order valence-corrected chi connectivity index (χ2v) is 5.30. The maximum absolute atomic E-state index is 12.0. The standard InChI is InChI=1S/C12H12N3O2S.Y/c13-14-10-6-8-11(9-7-10)15-18(16,17)12-4-2-1-3-5-12;/h1-9,13-15H;/q-1;. The summed E-state index contributed by atoms with van der Waals surface area (Å²) < 4.78 is 26.5. The Morgan fingerprint density at radius 2 is 1.37 bits per heavy atom. The monoisotopic (exact) mass is 351 g/mol. The van der Waals surface area contributed by atoms with Crippen molar-refractivity contribution in [3.05, 3.63) is 60.4 Å². The van der Waals surface area contributed by atoms with E-state index in [2.05, 4.69) is 10.1 Å². The van der Waals surface area contributed by atoms with Crippen LogP contribution in [-0.2, 0) is 42.7 Å². The van der Waals surface area contributed by atoms with Gasteiger partial charge in [-0.25, -0.2) is 8.42 Å². The summed E-state index contributed by atoms with van der Waals surface area (Å²) in [7, 11) is -3.55. The van der Waals surface area contributed by atoms with E-state index >= 15 is 0 Å². The maximum atomic E-state index is 12.0. The minimum atomic E-state index is -3.55. The Balaban J connectivity index is 0.00000180. The summed E-state index contributed by atoms with van der Waals surface area (Å²) in [4.78, 5) is 0.215. The molecule has 0 unspecified atom stereocenters. The first-order valence-electron chi connectivity index (χ1n) is 5.22. The van der Waals surface area contributed by atoms with Crippen LogP contribution >= 0.6 is 0 Å². The van der Waals surface area contributed by atoms with Gasteiger partial charge in [0.15, 0.2) is 0 Å². The molecule has 3 N–H and O–H groups in total. The molecule has 1 radical (unpaired) electrons. The fourth-order valence-corrected chi connectivity index (χ4v) is 2.52. The van der Waals surface area contributed by atoms with E-state index in [1.807, 2.05) is 0 Å². The predicted molar refractivity (Wildman–Crippen MR) is 71.6 cm³/mol. The molecule has 7 heteroatoms. The average molecular weight is 351 g/mol. The van der Waals surface area contributed by atoms with Crippen molar-refractivity contribution < 1.29 is 41.1 Å². The van der Waals surface area contributed by atoms with Crippen LogP contribution in [0.1, 0.15) is 0 Å². The van der Waals surface area contributed by atoms with Crippen LogP contribution in [0.25, 0.3) is 5.84 Å². The van der Waals surface area contributed by atoms with E-state index in [9.17, 15) is 8.42 Å². The van der Waals surface area contributed by atoms with Gasteiger partial charge < -0.3 is 11.3 Å². The molecule has 0 heterocycles. The molecule has 0 bridgehead atoms. The molecule has 0 aliphatic heterocycles. The summed E-state index contributed by atoms with van der Waals surface area (Å²) in [6.07, 6.45) is 0. The van der Waals surface area contributed by atoms with Gasteiger partial charge in [0.05, 0.1) is 4.90 Å². The number of benzene rings is 2. The van der Waals surface area contributed by atoms with E-state index in [4.69, 9.17) is 5.84 Å². The van der Waals surface area contributed by atoms with Gasteiger partial charge in [0.2, 0.25) is 0 Å². The maximum Gasteiger partial charge on any atom is 0.261 e. The molecule has 2 aromatic rings. The summed E-state index contributed by atoms with van der Waals surface area (Å²) in [6.45, 7) is 0. The zero-order chi connectivity index (χ0) is 13.0. The molecule has 19 heavy (non-hydrogen) atoms. The molecule has 5 nitrogen and oxygen atoms in total. The van der Waals surface area contributed by atoms with E-state index in [1.165, 1.54) is 12.1 Å². The minimum absolute atomic E-state index is 0. The fraction of sp³-hybridized carbons (Fsp3) is 0. The van der Waals surface area contributed by atoms with Crippen molar-refractivity contribution in [1.82, 2.24) is 0 Å². The molecule has 0 aromatic heterocycles. The Hall–Kier alpha value is -0.946. The Kier molecular flexibility index (Phi) is 5.94. The molecule has 0 aliphatic carbocycles. The van der Waals surface area contributed by atoms with Gasteiger partial charge >= 0.3 is 0 Å². The van der Waals surface area contributed by atoms with E-state index < -0.39 is 10.0 Å². The van der Waals surface area contributed by atoms with Crippen LogP contribution in [0.15, 0.2) is 59.5 Å². The van der Waals surface area contributed by atoms with E-state index in [0.717, 1.165) is 0 Å². The van der Waals surface area contributed by atoms with Gasteiger partial charge in [-0.05, 0) is 36.4 Å². The number of nitrogens with one attached hydrogen (secondary N) is 3. The quantitative estimate of drug-likeness (QED) is 0.831. The van der Waals surface area contributed by atoms with Crippen LogP contribution in [0.5, 0.6) is 0 Å². The van der Waals surface area contributed by atoms with E-state index in [-0.39, 0.29) is 37.6 Å². The third-order valence-electron chi connectivity index (χ3n) is 2.33. The Morgan fingerprint density at radius 3 is 1.89 bits per heavy atom. The molecule has 0 saturated carbocycles. The second kappa shape index (κ2) is 7.00. The third kappa shape index (κ3) is 4.28. The summed E-state index contributed by atoms with van der Waals surface area (Å²) >= 11 is 0. The number of hydrogen-bond donors (Lipinski definition) is 2. The van der Waals surface area contributed by atoms with Crippen LogP contribution in [0, 0.1) is 0 Å². The van der Waals surface area contributed by atoms with E-state index in [1.54, 1.807) is 42.5 Å². The van der Waals surface area contributed by atoms with Gasteiger partial charge in [0.25, 0.3) is 10.0 Å². The van der Waals surface area contributed by atoms with Gasteiger partial charge in [-0.1, -0.05) is 18.2 Å². The summed E-state index contributed by atoms with van der Waals surface area (Å²) in [6, 6.07) is 14.6. The first-order valence-corrected chi connectivity index (χ1v) is 6.71. The van der Waals surface area contributed by atoms with Gasteiger partial charge in [-0.15, -0.1) is 0 Å². The average Bonchev–Trinajstić information content (AvgIpc) is 2.40. The van der Waals surface area contributed by atoms with Crippen molar-refractivity contribution in [1.29, 1.82) is 0 Å². The molecule has 0 aliphatic rings. The van der Waals surface area contributed by atoms with Crippen molar-refractivity contribution >= 4 is 21.4 Å². The third-order valence-corrected chi connectivity index (χ3v) is 3.73. The molecule has 97 valence electrons. The van der Waals surface area contributed by atoms with E-state index in [0.29, 0.717) is 11.4 Å². The van der Waals surface area contributed by atoms with Gasteiger partial charge in [0, 0.05) is 44.1 Å². The number of hydrogen-bond acceptors (Lipinski definition) is 3. The molecule has 0 amide bonds. The molecular weight excluding hydrogens is 339 g/mol. The number of sulfonamides is 1. The van der Waals surface area contributed by atoms with Crippen molar-refractivity contribution in [2.24, 2.45) is 0 Å². The normalized spacial score (nSPS) is 10.4. The Morgan fingerprint density at radius 1 is 0.842 bits per heavy atom. The molecule has 0 fully saturated rings. The van der Waals surface area contributed by atoms with Crippen LogP contribution in [0.4, 0.5) is 11.4 Å². The largest absolute Gasteiger partial charge is 0.586 e. The van der Waals surface area contributed by atoms with Crippen molar-refractivity contribution in [3.8, 4) is 0 Å². The van der Waals surface area contributed by atoms with Crippen LogP contribution in [0.2, 0.25) is 0 Å². The van der Waals surface area contributed by atoms with Crippen LogP contribution < -0.4 is 10.1 Å². The van der Waals surface area contributed by atoms with Crippen molar-refractivity contribution in [2.75, 3.05) is 10.1 Å². The Labute approximate surface area is 137 Å². The minimum Gasteiger partial charge on any atom is -0.586 e.